The Morgan fingerprint density at radius 2 is 1.83 bits per heavy atom. The van der Waals surface area contributed by atoms with Gasteiger partial charge in [-0.2, -0.15) is 9.97 Å². The second-order valence-electron chi connectivity index (χ2n) is 7.21. The van der Waals surface area contributed by atoms with Crippen molar-refractivity contribution in [2.75, 3.05) is 12.3 Å². The number of hydrogen-bond acceptors (Lipinski definition) is 6. The fourth-order valence-corrected chi connectivity index (χ4v) is 3.31. The molecule has 0 atom stereocenters. The summed E-state index contributed by atoms with van der Waals surface area (Å²) in [5, 5.41) is 0. The number of imidazole rings is 1. The zero-order valence-corrected chi connectivity index (χ0v) is 17.4. The standard InChI is InChI=1S/C23H26N6O/c1-3-5-11-30-23-27-20(24)19-22(28-23)29(15-17-9-7-6-8-10-17)21(26-19)18-12-16(4-2)13-25-14-18/h6-10,12-14H,3-5,11,15H2,1-2H3,(H2,24,27,28). The van der Waals surface area contributed by atoms with Crippen LogP contribution < -0.4 is 10.5 Å². The third kappa shape index (κ3) is 4.10. The number of pyridine rings is 1. The Morgan fingerprint density at radius 3 is 2.60 bits per heavy atom. The first kappa shape index (κ1) is 19.8. The highest BCUT2D eigenvalue weighted by atomic mass is 16.5. The maximum atomic E-state index is 6.25. The fourth-order valence-electron chi connectivity index (χ4n) is 3.31. The molecule has 4 aromatic rings. The molecule has 0 saturated carbocycles. The van der Waals surface area contributed by atoms with Gasteiger partial charge in [-0.05, 0) is 30.0 Å². The van der Waals surface area contributed by atoms with Crippen LogP contribution in [0.4, 0.5) is 5.82 Å². The van der Waals surface area contributed by atoms with E-state index in [9.17, 15) is 0 Å². The molecule has 0 aliphatic heterocycles. The second-order valence-corrected chi connectivity index (χ2v) is 7.21. The summed E-state index contributed by atoms with van der Waals surface area (Å²) < 4.78 is 7.80. The summed E-state index contributed by atoms with van der Waals surface area (Å²) in [7, 11) is 0. The molecule has 0 radical (unpaired) electrons. The monoisotopic (exact) mass is 402 g/mol. The molecule has 0 spiro atoms. The minimum Gasteiger partial charge on any atom is -0.463 e. The molecule has 0 bridgehead atoms. The van der Waals surface area contributed by atoms with Gasteiger partial charge in [-0.15, -0.1) is 0 Å². The lowest BCUT2D eigenvalue weighted by molar-refractivity contribution is 0.286. The molecule has 1 aromatic carbocycles. The van der Waals surface area contributed by atoms with Crippen molar-refractivity contribution < 1.29 is 4.74 Å². The van der Waals surface area contributed by atoms with Crippen LogP contribution in [0.5, 0.6) is 6.01 Å². The van der Waals surface area contributed by atoms with E-state index in [-0.39, 0.29) is 6.01 Å². The van der Waals surface area contributed by atoms with E-state index in [0.717, 1.165) is 41.8 Å². The number of hydrogen-bond donors (Lipinski definition) is 1. The lowest BCUT2D eigenvalue weighted by Crippen LogP contribution is -2.07. The first-order valence-corrected chi connectivity index (χ1v) is 10.3. The summed E-state index contributed by atoms with van der Waals surface area (Å²) in [6, 6.07) is 12.6. The lowest BCUT2D eigenvalue weighted by atomic mass is 10.1. The highest BCUT2D eigenvalue weighted by Gasteiger charge is 2.19. The lowest BCUT2D eigenvalue weighted by Gasteiger charge is -2.10. The van der Waals surface area contributed by atoms with Crippen molar-refractivity contribution in [2.45, 2.75) is 39.7 Å². The van der Waals surface area contributed by atoms with Gasteiger partial charge in [0.05, 0.1) is 13.2 Å². The predicted molar refractivity (Wildman–Crippen MR) is 118 cm³/mol. The number of aromatic nitrogens is 5. The largest absolute Gasteiger partial charge is 0.463 e. The third-order valence-corrected chi connectivity index (χ3v) is 4.97. The van der Waals surface area contributed by atoms with Gasteiger partial charge in [-0.25, -0.2) is 4.98 Å². The molecule has 3 heterocycles. The Bertz CT molecular complexity index is 1140. The molecule has 0 amide bonds. The van der Waals surface area contributed by atoms with E-state index in [4.69, 9.17) is 15.5 Å². The van der Waals surface area contributed by atoms with Gasteiger partial charge in [0, 0.05) is 18.0 Å². The summed E-state index contributed by atoms with van der Waals surface area (Å²) in [5.41, 5.74) is 10.7. The number of benzene rings is 1. The normalized spacial score (nSPS) is 11.1. The van der Waals surface area contributed by atoms with E-state index in [1.807, 2.05) is 30.6 Å². The van der Waals surface area contributed by atoms with Gasteiger partial charge in [-0.1, -0.05) is 50.6 Å². The van der Waals surface area contributed by atoms with Gasteiger partial charge in [0.2, 0.25) is 0 Å². The van der Waals surface area contributed by atoms with E-state index >= 15 is 0 Å². The smallest absolute Gasteiger partial charge is 0.320 e. The molecule has 7 heteroatoms. The van der Waals surface area contributed by atoms with E-state index in [2.05, 4.69) is 51.6 Å². The van der Waals surface area contributed by atoms with Crippen LogP contribution >= 0.6 is 0 Å². The Hall–Kier alpha value is -3.48. The van der Waals surface area contributed by atoms with E-state index in [1.54, 1.807) is 0 Å². The van der Waals surface area contributed by atoms with Crippen molar-refractivity contribution in [3.05, 3.63) is 59.9 Å². The minimum atomic E-state index is 0.287. The van der Waals surface area contributed by atoms with Crippen LogP contribution in [-0.4, -0.2) is 31.1 Å². The van der Waals surface area contributed by atoms with Gasteiger partial charge >= 0.3 is 6.01 Å². The quantitative estimate of drug-likeness (QED) is 0.443. The van der Waals surface area contributed by atoms with Crippen LogP contribution in [0.3, 0.4) is 0 Å². The van der Waals surface area contributed by atoms with Gasteiger partial charge in [-0.3, -0.25) is 4.98 Å². The van der Waals surface area contributed by atoms with Crippen LogP contribution in [0, 0.1) is 0 Å². The number of nitrogen functional groups attached to an aromatic ring is 1. The summed E-state index contributed by atoms with van der Waals surface area (Å²) in [5.74, 6) is 1.09. The summed E-state index contributed by atoms with van der Waals surface area (Å²) in [6.07, 6.45) is 6.57. The zero-order chi connectivity index (χ0) is 20.9. The van der Waals surface area contributed by atoms with Crippen LogP contribution in [0.2, 0.25) is 0 Å². The minimum absolute atomic E-state index is 0.287. The molecule has 0 saturated heterocycles. The molecular formula is C23H26N6O. The second kappa shape index (κ2) is 8.90. The summed E-state index contributed by atoms with van der Waals surface area (Å²) in [4.78, 5) is 18.2. The predicted octanol–water partition coefficient (Wildman–Crippen LogP) is 4.26. The van der Waals surface area contributed by atoms with Crippen molar-refractivity contribution in [3.63, 3.8) is 0 Å². The van der Waals surface area contributed by atoms with E-state index in [1.165, 1.54) is 0 Å². The number of aryl methyl sites for hydroxylation is 1. The Balaban J connectivity index is 1.86. The van der Waals surface area contributed by atoms with Gasteiger partial charge in [0.1, 0.15) is 5.82 Å². The first-order chi connectivity index (χ1) is 14.7. The van der Waals surface area contributed by atoms with Crippen molar-refractivity contribution in [3.8, 4) is 17.4 Å². The number of nitrogens with zero attached hydrogens (tertiary/aromatic N) is 5. The summed E-state index contributed by atoms with van der Waals surface area (Å²) >= 11 is 0. The number of anilines is 1. The van der Waals surface area contributed by atoms with E-state index in [0.29, 0.717) is 30.1 Å². The fraction of sp³-hybridized carbons (Fsp3) is 0.304. The average Bonchev–Trinajstić information content (AvgIpc) is 3.14. The van der Waals surface area contributed by atoms with Crippen molar-refractivity contribution >= 4 is 17.0 Å². The Labute approximate surface area is 176 Å². The summed E-state index contributed by atoms with van der Waals surface area (Å²) in [6.45, 7) is 5.38. The van der Waals surface area contributed by atoms with Crippen molar-refractivity contribution in [2.24, 2.45) is 0 Å². The van der Waals surface area contributed by atoms with Crippen LogP contribution in [0.15, 0.2) is 48.8 Å². The third-order valence-electron chi connectivity index (χ3n) is 4.97. The van der Waals surface area contributed by atoms with Gasteiger partial charge < -0.3 is 15.0 Å². The highest BCUT2D eigenvalue weighted by molar-refractivity contribution is 5.86. The Kier molecular flexibility index (Phi) is 5.88. The number of fused-ring (bicyclic) bond motifs is 1. The SMILES string of the molecule is CCCCOc1nc(N)c2nc(-c3cncc(CC)c3)n(Cc3ccccc3)c2n1. The molecule has 0 aliphatic rings. The average molecular weight is 403 g/mol. The number of unbranched alkanes of at least 4 members (excludes halogenated alkanes) is 1. The molecule has 0 fully saturated rings. The number of nitrogens with two attached hydrogens (primary N) is 1. The number of ether oxygens (including phenoxy) is 1. The topological polar surface area (TPSA) is 91.7 Å². The van der Waals surface area contributed by atoms with Crippen LogP contribution in [0.25, 0.3) is 22.6 Å². The Morgan fingerprint density at radius 1 is 1.00 bits per heavy atom. The van der Waals surface area contributed by atoms with E-state index < -0.39 is 0 Å². The maximum Gasteiger partial charge on any atom is 0.320 e. The first-order valence-electron chi connectivity index (χ1n) is 10.3. The molecular weight excluding hydrogens is 376 g/mol. The molecule has 2 N–H and O–H groups in total. The molecule has 154 valence electrons. The maximum absolute atomic E-state index is 6.25. The molecule has 4 rings (SSSR count). The number of rotatable bonds is 8. The van der Waals surface area contributed by atoms with Crippen molar-refractivity contribution in [1.82, 2.24) is 24.5 Å². The van der Waals surface area contributed by atoms with Gasteiger partial charge in [0.15, 0.2) is 17.0 Å². The molecule has 7 nitrogen and oxygen atoms in total. The highest BCUT2D eigenvalue weighted by Crippen LogP contribution is 2.28. The molecule has 0 unspecified atom stereocenters. The van der Waals surface area contributed by atoms with Crippen LogP contribution in [0.1, 0.15) is 37.8 Å². The van der Waals surface area contributed by atoms with Crippen LogP contribution in [-0.2, 0) is 13.0 Å². The molecule has 0 aliphatic carbocycles. The molecule has 30 heavy (non-hydrogen) atoms. The molecule has 3 aromatic heterocycles. The van der Waals surface area contributed by atoms with Crippen molar-refractivity contribution in [1.29, 1.82) is 0 Å². The zero-order valence-electron chi connectivity index (χ0n) is 17.4. The van der Waals surface area contributed by atoms with Gasteiger partial charge in [0.25, 0.3) is 0 Å².